The van der Waals surface area contributed by atoms with Gasteiger partial charge in [0.2, 0.25) is 0 Å². The Bertz CT molecular complexity index is 412. The molecule has 18 heavy (non-hydrogen) atoms. The van der Waals surface area contributed by atoms with E-state index in [2.05, 4.69) is 14.1 Å². The van der Waals surface area contributed by atoms with E-state index in [0.29, 0.717) is 5.69 Å². The molecular formula is C11H17N3O3S. The van der Waals surface area contributed by atoms with Gasteiger partial charge >= 0.3 is 6.09 Å². The Balaban J connectivity index is 2.42. The number of ketones is 1. The largest absolute Gasteiger partial charge is 0.444 e. The van der Waals surface area contributed by atoms with E-state index in [0.717, 1.165) is 11.7 Å². The topological polar surface area (TPSA) is 81.2 Å². The van der Waals surface area contributed by atoms with Gasteiger partial charge in [0.05, 0.1) is 36.1 Å². The Labute approximate surface area is 110 Å². The minimum atomic E-state index is -0.610. The molecule has 1 N–H and O–H groups in total. The van der Waals surface area contributed by atoms with Gasteiger partial charge in [0, 0.05) is 0 Å². The fourth-order valence-electron chi connectivity index (χ4n) is 1.16. The molecular weight excluding hydrogens is 254 g/mol. The zero-order valence-electron chi connectivity index (χ0n) is 10.9. The minimum Gasteiger partial charge on any atom is -0.444 e. The Morgan fingerprint density at radius 1 is 1.50 bits per heavy atom. The van der Waals surface area contributed by atoms with E-state index < -0.39 is 17.7 Å². The highest BCUT2D eigenvalue weighted by Crippen LogP contribution is 2.07. The van der Waals surface area contributed by atoms with Crippen molar-refractivity contribution in [3.8, 4) is 0 Å². The van der Waals surface area contributed by atoms with Gasteiger partial charge in [-0.05, 0) is 27.7 Å². The summed E-state index contributed by atoms with van der Waals surface area (Å²) >= 11 is 1.05. The molecule has 0 aromatic carbocycles. The quantitative estimate of drug-likeness (QED) is 0.898. The van der Waals surface area contributed by atoms with Crippen LogP contribution in [0.25, 0.3) is 0 Å². The number of nitrogens with zero attached hydrogens (tertiary/aromatic N) is 2. The third kappa shape index (κ3) is 5.22. The van der Waals surface area contributed by atoms with Crippen LogP contribution in [0.1, 0.15) is 33.4 Å². The lowest BCUT2D eigenvalue weighted by Crippen LogP contribution is -2.42. The fourth-order valence-corrected chi connectivity index (χ4v) is 1.59. The Kier molecular flexibility index (Phi) is 4.77. The molecule has 6 nitrogen and oxygen atoms in total. The molecule has 0 unspecified atom stereocenters. The highest BCUT2D eigenvalue weighted by atomic mass is 32.1. The van der Waals surface area contributed by atoms with Crippen LogP contribution in [-0.4, -0.2) is 32.3 Å². The van der Waals surface area contributed by atoms with E-state index in [1.165, 1.54) is 0 Å². The number of nitrogens with one attached hydrogen (secondary N) is 1. The molecule has 1 aromatic rings. The first-order valence-electron chi connectivity index (χ1n) is 5.56. The number of hydrogen-bond donors (Lipinski definition) is 1. The molecule has 0 bridgehead atoms. The van der Waals surface area contributed by atoms with Gasteiger partial charge < -0.3 is 10.1 Å². The van der Waals surface area contributed by atoms with Gasteiger partial charge in [0.25, 0.3) is 0 Å². The maximum Gasteiger partial charge on any atom is 0.408 e. The van der Waals surface area contributed by atoms with Crippen LogP contribution in [0, 0.1) is 0 Å². The zero-order chi connectivity index (χ0) is 13.8. The summed E-state index contributed by atoms with van der Waals surface area (Å²) in [5.41, 5.74) is 0.0360. The summed E-state index contributed by atoms with van der Waals surface area (Å²) in [5, 5.41) is 2.49. The maximum atomic E-state index is 11.8. The predicted molar refractivity (Wildman–Crippen MR) is 67.5 cm³/mol. The third-order valence-corrected chi connectivity index (χ3v) is 2.49. The average molecular weight is 271 g/mol. The number of alkyl carbamates (subject to hydrolysis) is 1. The molecule has 0 fully saturated rings. The molecule has 0 saturated heterocycles. The van der Waals surface area contributed by atoms with Crippen LogP contribution in [-0.2, 0) is 16.0 Å². The molecule has 1 atom stereocenters. The fraction of sp³-hybridized carbons (Fsp3) is 0.636. The van der Waals surface area contributed by atoms with Crippen LogP contribution in [0.2, 0.25) is 0 Å². The molecule has 1 heterocycles. The van der Waals surface area contributed by atoms with E-state index in [1.54, 1.807) is 33.9 Å². The number of hydrogen-bond acceptors (Lipinski definition) is 6. The highest BCUT2D eigenvalue weighted by molar-refractivity contribution is 6.99. The summed E-state index contributed by atoms with van der Waals surface area (Å²) in [4.78, 5) is 23.2. The molecule has 1 rings (SSSR count). The lowest BCUT2D eigenvalue weighted by Gasteiger charge is -2.21. The SMILES string of the molecule is C[C@H](NC(=O)OC(C)(C)C)C(=O)Cc1cnsn1. The Morgan fingerprint density at radius 3 is 2.67 bits per heavy atom. The van der Waals surface area contributed by atoms with E-state index in [-0.39, 0.29) is 12.2 Å². The van der Waals surface area contributed by atoms with Crippen molar-refractivity contribution in [2.75, 3.05) is 0 Å². The van der Waals surface area contributed by atoms with Crippen LogP contribution in [0.15, 0.2) is 6.20 Å². The third-order valence-electron chi connectivity index (χ3n) is 1.98. The lowest BCUT2D eigenvalue weighted by atomic mass is 10.1. The van der Waals surface area contributed by atoms with Crippen LogP contribution < -0.4 is 5.32 Å². The molecule has 0 aliphatic carbocycles. The monoisotopic (exact) mass is 271 g/mol. The molecule has 0 spiro atoms. The van der Waals surface area contributed by atoms with Crippen molar-refractivity contribution in [3.05, 3.63) is 11.9 Å². The Hall–Kier alpha value is -1.50. The van der Waals surface area contributed by atoms with Gasteiger partial charge in [-0.3, -0.25) is 4.79 Å². The number of rotatable bonds is 4. The van der Waals surface area contributed by atoms with Gasteiger partial charge in [-0.1, -0.05) is 0 Å². The first kappa shape index (κ1) is 14.6. The van der Waals surface area contributed by atoms with Crippen molar-refractivity contribution in [3.63, 3.8) is 0 Å². The smallest absolute Gasteiger partial charge is 0.408 e. The van der Waals surface area contributed by atoms with E-state index in [9.17, 15) is 9.59 Å². The number of amides is 1. The number of aromatic nitrogens is 2. The van der Waals surface area contributed by atoms with E-state index in [4.69, 9.17) is 4.74 Å². The number of Topliss-reactive ketones (excluding diaryl/α,β-unsaturated/α-hetero) is 1. The second-order valence-corrected chi connectivity index (χ2v) is 5.47. The number of ether oxygens (including phenoxy) is 1. The zero-order valence-corrected chi connectivity index (χ0v) is 11.7. The van der Waals surface area contributed by atoms with Gasteiger partial charge in [0.1, 0.15) is 5.60 Å². The summed E-state index contributed by atoms with van der Waals surface area (Å²) in [7, 11) is 0. The summed E-state index contributed by atoms with van der Waals surface area (Å²) < 4.78 is 12.8. The van der Waals surface area contributed by atoms with Crippen molar-refractivity contribution >= 4 is 23.6 Å². The van der Waals surface area contributed by atoms with Crippen molar-refractivity contribution in [1.29, 1.82) is 0 Å². The second-order valence-electron chi connectivity index (χ2n) is 4.91. The number of carbonyl (C=O) groups is 2. The summed E-state index contributed by atoms with van der Waals surface area (Å²) in [5.74, 6) is -0.131. The Morgan fingerprint density at radius 2 is 2.17 bits per heavy atom. The van der Waals surface area contributed by atoms with E-state index >= 15 is 0 Å². The summed E-state index contributed by atoms with van der Waals surface area (Å²) in [6.07, 6.45) is 1.11. The standard InChI is InChI=1S/C11H17N3O3S/c1-7(13-10(16)17-11(2,3)4)9(15)5-8-6-12-18-14-8/h6-7H,5H2,1-4H3,(H,13,16)/t7-/m0/s1. The molecule has 0 aliphatic rings. The maximum absolute atomic E-state index is 11.8. The molecule has 1 aromatic heterocycles. The number of carbonyl (C=O) groups excluding carboxylic acids is 2. The van der Waals surface area contributed by atoms with Crippen LogP contribution in [0.5, 0.6) is 0 Å². The van der Waals surface area contributed by atoms with Gasteiger partial charge in [-0.25, -0.2) is 4.79 Å². The lowest BCUT2D eigenvalue weighted by molar-refractivity contribution is -0.120. The van der Waals surface area contributed by atoms with Gasteiger partial charge in [0.15, 0.2) is 5.78 Å². The van der Waals surface area contributed by atoms with Crippen molar-refractivity contribution in [1.82, 2.24) is 14.1 Å². The summed E-state index contributed by atoms with van der Waals surface area (Å²) in [6, 6.07) is -0.610. The molecule has 100 valence electrons. The molecule has 0 radical (unpaired) electrons. The highest BCUT2D eigenvalue weighted by Gasteiger charge is 2.21. The minimum absolute atomic E-state index is 0.131. The second kappa shape index (κ2) is 5.90. The van der Waals surface area contributed by atoms with Gasteiger partial charge in [-0.15, -0.1) is 0 Å². The van der Waals surface area contributed by atoms with Crippen molar-refractivity contribution in [2.24, 2.45) is 0 Å². The van der Waals surface area contributed by atoms with E-state index in [1.807, 2.05) is 0 Å². The van der Waals surface area contributed by atoms with Crippen molar-refractivity contribution in [2.45, 2.75) is 45.8 Å². The molecule has 0 saturated carbocycles. The average Bonchev–Trinajstić information content (AvgIpc) is 2.66. The first-order valence-corrected chi connectivity index (χ1v) is 6.29. The van der Waals surface area contributed by atoms with Crippen LogP contribution >= 0.6 is 11.7 Å². The summed E-state index contributed by atoms with van der Waals surface area (Å²) in [6.45, 7) is 6.91. The van der Waals surface area contributed by atoms with Crippen LogP contribution in [0.4, 0.5) is 4.79 Å². The first-order chi connectivity index (χ1) is 8.28. The molecule has 7 heteroatoms. The van der Waals surface area contributed by atoms with Crippen molar-refractivity contribution < 1.29 is 14.3 Å². The molecule has 1 amide bonds. The van der Waals surface area contributed by atoms with Crippen LogP contribution in [0.3, 0.4) is 0 Å². The molecule has 0 aliphatic heterocycles. The van der Waals surface area contributed by atoms with Gasteiger partial charge in [-0.2, -0.15) is 8.75 Å². The normalized spacial score (nSPS) is 12.9. The predicted octanol–water partition coefficient (Wildman–Crippen LogP) is 1.56.